The van der Waals surface area contributed by atoms with Gasteiger partial charge in [-0.05, 0) is 42.4 Å². The molecule has 2 aromatic heterocycles. The van der Waals surface area contributed by atoms with Gasteiger partial charge in [-0.1, -0.05) is 36.4 Å². The molecule has 6 rings (SSSR count). The van der Waals surface area contributed by atoms with E-state index < -0.39 is 6.03 Å². The molecule has 188 valence electrons. The van der Waals surface area contributed by atoms with Crippen LogP contribution in [-0.2, 0) is 13.0 Å². The maximum Gasteiger partial charge on any atom is 0.340 e. The van der Waals surface area contributed by atoms with Crippen LogP contribution >= 0.6 is 11.3 Å². The molecule has 37 heavy (non-hydrogen) atoms. The Hall–Kier alpha value is -3.79. The van der Waals surface area contributed by atoms with E-state index in [1.807, 2.05) is 24.3 Å². The molecule has 3 N–H and O–H groups in total. The van der Waals surface area contributed by atoms with Crippen molar-refractivity contribution >= 4 is 29.3 Å². The summed E-state index contributed by atoms with van der Waals surface area (Å²) >= 11 is 1.60. The van der Waals surface area contributed by atoms with Crippen molar-refractivity contribution in [1.82, 2.24) is 20.0 Å². The Morgan fingerprint density at radius 3 is 2.73 bits per heavy atom. The van der Waals surface area contributed by atoms with Gasteiger partial charge in [0.15, 0.2) is 0 Å². The first-order chi connectivity index (χ1) is 18.0. The minimum Gasteiger partial charge on any atom is -0.350 e. The summed E-state index contributed by atoms with van der Waals surface area (Å²) in [5.74, 6) is 0. The quantitative estimate of drug-likeness (QED) is 0.261. The van der Waals surface area contributed by atoms with Crippen LogP contribution in [0.25, 0.3) is 21.8 Å². The third-order valence-corrected chi connectivity index (χ3v) is 8.08. The zero-order valence-corrected chi connectivity index (χ0v) is 21.5. The molecule has 0 radical (unpaired) electrons. The number of amides is 2. The number of carbonyl (C=O) groups excluding carboxylic acids is 1. The molecule has 1 aliphatic carbocycles. The lowest BCUT2D eigenvalue weighted by Gasteiger charge is -2.32. The Bertz CT molecular complexity index is 1450. The van der Waals surface area contributed by atoms with Crippen LogP contribution in [0.5, 0.6) is 0 Å². The minimum atomic E-state index is -0.629. The van der Waals surface area contributed by atoms with Gasteiger partial charge in [-0.15, -0.1) is 11.3 Å². The first-order valence-electron chi connectivity index (χ1n) is 12.4. The molecule has 1 aliphatic heterocycles. The van der Waals surface area contributed by atoms with Crippen molar-refractivity contribution in [3.63, 3.8) is 0 Å². The van der Waals surface area contributed by atoms with Gasteiger partial charge >= 0.3 is 6.03 Å². The van der Waals surface area contributed by atoms with Crippen LogP contribution < -0.4 is 10.7 Å². The maximum atomic E-state index is 11.9. The summed E-state index contributed by atoms with van der Waals surface area (Å²) in [6, 6.07) is 19.4. The number of piperazine rings is 1. The first-order valence-corrected chi connectivity index (χ1v) is 13.3. The number of H-pyrrole nitrogens is 1. The van der Waals surface area contributed by atoms with Crippen LogP contribution in [0.4, 0.5) is 10.5 Å². The third-order valence-electron chi connectivity index (χ3n) is 7.04. The number of aromatic amines is 1. The number of benzene rings is 2. The molecule has 8 nitrogen and oxygen atoms in total. The molecule has 1 fully saturated rings. The number of nitrogens with two attached hydrogens (primary N) is 1. The normalized spacial score (nSPS) is 15.7. The number of likely N-dealkylation sites (N-methyl/N-ethyl adjacent to an activating group) is 1. The fourth-order valence-corrected chi connectivity index (χ4v) is 5.93. The number of thiophene rings is 1. The van der Waals surface area contributed by atoms with E-state index in [4.69, 9.17) is 5.73 Å². The van der Waals surface area contributed by atoms with Crippen molar-refractivity contribution in [2.75, 3.05) is 38.2 Å². The monoisotopic (exact) mass is 511 g/mol. The fraction of sp³-hybridized carbons (Fsp3) is 0.250. The molecule has 4 aromatic rings. The zero-order valence-electron chi connectivity index (χ0n) is 20.7. The van der Waals surface area contributed by atoms with E-state index in [0.29, 0.717) is 5.69 Å². The summed E-state index contributed by atoms with van der Waals surface area (Å²) < 4.78 is 0. The smallest absolute Gasteiger partial charge is 0.340 e. The first kappa shape index (κ1) is 23.6. The molecule has 0 atom stereocenters. The summed E-state index contributed by atoms with van der Waals surface area (Å²) in [7, 11) is 2.19. The lowest BCUT2D eigenvalue weighted by atomic mass is 10.0. The lowest BCUT2D eigenvalue weighted by molar-refractivity contribution is 0.148. The number of aromatic nitrogens is 2. The molecule has 2 aromatic carbocycles. The van der Waals surface area contributed by atoms with Gasteiger partial charge in [0.2, 0.25) is 0 Å². The molecular formula is C28H29N7OS. The van der Waals surface area contributed by atoms with Crippen LogP contribution in [-0.4, -0.2) is 65.5 Å². The summed E-state index contributed by atoms with van der Waals surface area (Å²) in [6.07, 6.45) is 2.54. The molecule has 3 heterocycles. The largest absolute Gasteiger partial charge is 0.350 e. The van der Waals surface area contributed by atoms with Gasteiger partial charge in [0.05, 0.1) is 28.2 Å². The van der Waals surface area contributed by atoms with Gasteiger partial charge in [0, 0.05) is 55.1 Å². The topological polar surface area (TPSA) is 93.8 Å². The van der Waals surface area contributed by atoms with Crippen molar-refractivity contribution in [3.05, 3.63) is 82.2 Å². The number of hydrogen-bond acceptors (Lipinski definition) is 6. The number of rotatable bonds is 6. The maximum absolute atomic E-state index is 11.9. The number of carbonyl (C=O) groups is 1. The second-order valence-corrected chi connectivity index (χ2v) is 10.7. The Morgan fingerprint density at radius 2 is 1.95 bits per heavy atom. The highest BCUT2D eigenvalue weighted by atomic mass is 32.1. The number of urea groups is 1. The Balaban J connectivity index is 1.18. The van der Waals surface area contributed by atoms with E-state index in [0.717, 1.165) is 60.3 Å². The predicted octanol–water partition coefficient (Wildman–Crippen LogP) is 4.38. The molecule has 0 unspecified atom stereocenters. The number of nitrogens with one attached hydrogen (secondary N) is 1. The van der Waals surface area contributed by atoms with Crippen molar-refractivity contribution in [1.29, 1.82) is 0 Å². The van der Waals surface area contributed by atoms with E-state index in [-0.39, 0.29) is 0 Å². The van der Waals surface area contributed by atoms with Gasteiger partial charge in [-0.25, -0.2) is 4.79 Å². The predicted molar refractivity (Wildman–Crippen MR) is 149 cm³/mol. The van der Waals surface area contributed by atoms with Crippen molar-refractivity contribution < 1.29 is 4.79 Å². The Kier molecular flexibility index (Phi) is 6.33. The number of fused-ring (bicyclic) bond motifs is 3. The Labute approximate surface area is 220 Å². The molecule has 2 aliphatic rings. The number of hydrazone groups is 1. The second-order valence-electron chi connectivity index (χ2n) is 9.61. The molecule has 0 saturated carbocycles. The number of anilines is 1. The van der Waals surface area contributed by atoms with E-state index in [1.54, 1.807) is 29.7 Å². The summed E-state index contributed by atoms with van der Waals surface area (Å²) in [4.78, 5) is 18.9. The lowest BCUT2D eigenvalue weighted by Crippen LogP contribution is -2.43. The van der Waals surface area contributed by atoms with Crippen molar-refractivity contribution in [3.8, 4) is 21.8 Å². The molecule has 1 saturated heterocycles. The van der Waals surface area contributed by atoms with E-state index >= 15 is 0 Å². The van der Waals surface area contributed by atoms with Crippen molar-refractivity contribution in [2.45, 2.75) is 13.0 Å². The summed E-state index contributed by atoms with van der Waals surface area (Å²) in [5.41, 5.74) is 13.4. The van der Waals surface area contributed by atoms with Gasteiger partial charge < -0.3 is 10.6 Å². The zero-order chi connectivity index (χ0) is 25.4. The summed E-state index contributed by atoms with van der Waals surface area (Å²) in [5, 5.41) is 13.5. The summed E-state index contributed by atoms with van der Waals surface area (Å²) in [6.45, 7) is 5.49. The van der Waals surface area contributed by atoms with E-state index in [9.17, 15) is 4.79 Å². The van der Waals surface area contributed by atoms with E-state index in [2.05, 4.69) is 56.4 Å². The molecule has 9 heteroatoms. The highest BCUT2D eigenvalue weighted by molar-refractivity contribution is 7.17. The van der Waals surface area contributed by atoms with Crippen LogP contribution in [0.2, 0.25) is 0 Å². The van der Waals surface area contributed by atoms with Crippen LogP contribution in [0.3, 0.4) is 0 Å². The number of primary amides is 1. The number of hydrogen-bond donors (Lipinski definition) is 2. The van der Waals surface area contributed by atoms with Gasteiger partial charge in [-0.2, -0.15) is 15.2 Å². The van der Waals surface area contributed by atoms with Gasteiger partial charge in [0.25, 0.3) is 0 Å². The van der Waals surface area contributed by atoms with Gasteiger partial charge in [-0.3, -0.25) is 10.00 Å². The second kappa shape index (κ2) is 9.93. The average molecular weight is 512 g/mol. The molecule has 0 spiro atoms. The number of para-hydroxylation sites is 1. The van der Waals surface area contributed by atoms with Crippen LogP contribution in [0.1, 0.15) is 21.6 Å². The SMILES string of the molecule is CN1CCN(Cc2ccc3c(c2)Cc2c-3n[nH]c2-c2ccc(C=NN(C(N)=O)c3ccccc3)s2)CC1. The standard InChI is InChI=1S/C28H29N7OS/c1-33-11-13-34(14-12-33)18-19-7-9-23-20(15-19)16-24-26(23)31-32-27(24)25-10-8-22(37-25)17-30-35(28(29)36)21-5-3-2-4-6-21/h2-10,15,17H,11-14,16,18H2,1H3,(H2,29,36)(H,31,32). The van der Waals surface area contributed by atoms with Crippen LogP contribution in [0.15, 0.2) is 65.8 Å². The molecular weight excluding hydrogens is 482 g/mol. The fourth-order valence-electron chi connectivity index (χ4n) is 5.03. The minimum absolute atomic E-state index is 0.624. The van der Waals surface area contributed by atoms with Gasteiger partial charge in [0.1, 0.15) is 0 Å². The highest BCUT2D eigenvalue weighted by Gasteiger charge is 2.26. The molecule has 0 bridgehead atoms. The highest BCUT2D eigenvalue weighted by Crippen LogP contribution is 2.42. The average Bonchev–Trinajstić information content (AvgIpc) is 3.61. The Morgan fingerprint density at radius 1 is 1.14 bits per heavy atom. The molecule has 2 amide bonds. The number of nitrogens with zero attached hydrogens (tertiary/aromatic N) is 5. The van der Waals surface area contributed by atoms with Crippen LogP contribution in [0, 0.1) is 0 Å². The van der Waals surface area contributed by atoms with E-state index in [1.165, 1.54) is 27.3 Å². The van der Waals surface area contributed by atoms with Crippen molar-refractivity contribution in [2.24, 2.45) is 10.8 Å². The third kappa shape index (κ3) is 4.81.